The van der Waals surface area contributed by atoms with E-state index in [4.69, 9.17) is 4.74 Å². The Labute approximate surface area is 173 Å². The molecule has 0 atom stereocenters. The standard InChI is InChI=1S/C22H20N2O6/c1-13-4-7-16(10-14(13)2)24-21(27)18(20(26)23-22(24)28)11-15-5-8-17(9-6-15)30-12-19(25)29-3/h4-11H,12H2,1-3H3,(H,23,26,28)/b18-11+. The van der Waals surface area contributed by atoms with Gasteiger partial charge in [0.05, 0.1) is 12.8 Å². The lowest BCUT2D eigenvalue weighted by atomic mass is 10.1. The fourth-order valence-corrected chi connectivity index (χ4v) is 2.78. The van der Waals surface area contributed by atoms with Crippen LogP contribution in [0.1, 0.15) is 16.7 Å². The SMILES string of the molecule is COC(=O)COc1ccc(/C=C2\C(=O)NC(=O)N(c3ccc(C)c(C)c3)C2=O)cc1. The Balaban J connectivity index is 1.85. The number of carbonyl (C=O) groups is 4. The topological polar surface area (TPSA) is 102 Å². The van der Waals surface area contributed by atoms with Crippen LogP contribution in [-0.4, -0.2) is 37.5 Å². The van der Waals surface area contributed by atoms with E-state index in [2.05, 4.69) is 10.1 Å². The molecule has 1 aliphatic heterocycles. The van der Waals surface area contributed by atoms with Crippen molar-refractivity contribution >= 4 is 35.6 Å². The fraction of sp³-hybridized carbons (Fsp3) is 0.182. The van der Waals surface area contributed by atoms with Gasteiger partial charge in [-0.3, -0.25) is 14.9 Å². The maximum absolute atomic E-state index is 12.9. The quantitative estimate of drug-likeness (QED) is 0.463. The van der Waals surface area contributed by atoms with E-state index in [1.54, 1.807) is 42.5 Å². The average molecular weight is 408 g/mol. The molecule has 0 aromatic heterocycles. The van der Waals surface area contributed by atoms with E-state index < -0.39 is 23.8 Å². The first-order valence-corrected chi connectivity index (χ1v) is 9.08. The molecule has 1 saturated heterocycles. The molecule has 1 fully saturated rings. The monoisotopic (exact) mass is 408 g/mol. The number of barbiturate groups is 1. The first-order chi connectivity index (χ1) is 14.3. The smallest absolute Gasteiger partial charge is 0.343 e. The number of nitrogens with zero attached hydrogens (tertiary/aromatic N) is 1. The summed E-state index contributed by atoms with van der Waals surface area (Å²) in [7, 11) is 1.26. The fourth-order valence-electron chi connectivity index (χ4n) is 2.78. The summed E-state index contributed by atoms with van der Waals surface area (Å²) in [5.74, 6) is -1.57. The van der Waals surface area contributed by atoms with Crippen molar-refractivity contribution in [2.75, 3.05) is 18.6 Å². The number of urea groups is 1. The molecular formula is C22H20N2O6. The van der Waals surface area contributed by atoms with Gasteiger partial charge in [0.15, 0.2) is 6.61 Å². The Morgan fingerprint density at radius 3 is 2.37 bits per heavy atom. The summed E-state index contributed by atoms with van der Waals surface area (Å²) in [5.41, 5.74) is 2.69. The number of methoxy groups -OCH3 is 1. The molecule has 30 heavy (non-hydrogen) atoms. The van der Waals surface area contributed by atoms with Crippen molar-refractivity contribution in [3.8, 4) is 5.75 Å². The van der Waals surface area contributed by atoms with Crippen LogP contribution in [0.2, 0.25) is 0 Å². The molecule has 2 aromatic rings. The van der Waals surface area contributed by atoms with E-state index in [-0.39, 0.29) is 12.2 Å². The Bertz CT molecular complexity index is 1060. The third-order valence-electron chi connectivity index (χ3n) is 4.63. The first-order valence-electron chi connectivity index (χ1n) is 9.08. The Morgan fingerprint density at radius 2 is 1.73 bits per heavy atom. The Hall–Kier alpha value is -3.94. The molecule has 2 aromatic carbocycles. The molecule has 3 rings (SSSR count). The highest BCUT2D eigenvalue weighted by atomic mass is 16.6. The first kappa shape index (κ1) is 20.8. The summed E-state index contributed by atoms with van der Waals surface area (Å²) < 4.78 is 9.76. The van der Waals surface area contributed by atoms with E-state index in [1.807, 2.05) is 13.8 Å². The minimum atomic E-state index is -0.794. The van der Waals surface area contributed by atoms with Crippen LogP contribution in [0.5, 0.6) is 5.75 Å². The lowest BCUT2D eigenvalue weighted by molar-refractivity contribution is -0.143. The minimum absolute atomic E-state index is 0.170. The van der Waals surface area contributed by atoms with Crippen molar-refractivity contribution < 1.29 is 28.7 Å². The number of ether oxygens (including phenoxy) is 2. The van der Waals surface area contributed by atoms with Crippen LogP contribution in [0.3, 0.4) is 0 Å². The zero-order valence-corrected chi connectivity index (χ0v) is 16.7. The van der Waals surface area contributed by atoms with Gasteiger partial charge in [-0.25, -0.2) is 14.5 Å². The average Bonchev–Trinajstić information content (AvgIpc) is 2.72. The van der Waals surface area contributed by atoms with Crippen LogP contribution in [0.4, 0.5) is 10.5 Å². The number of anilines is 1. The third-order valence-corrected chi connectivity index (χ3v) is 4.63. The van der Waals surface area contributed by atoms with Gasteiger partial charge in [0.2, 0.25) is 0 Å². The maximum atomic E-state index is 12.9. The molecule has 0 aliphatic carbocycles. The molecule has 4 amide bonds. The second kappa shape index (κ2) is 8.60. The number of rotatable bonds is 5. The van der Waals surface area contributed by atoms with E-state index in [1.165, 1.54) is 13.2 Å². The highest BCUT2D eigenvalue weighted by Gasteiger charge is 2.36. The normalized spacial score (nSPS) is 15.2. The molecule has 0 radical (unpaired) electrons. The van der Waals surface area contributed by atoms with Crippen molar-refractivity contribution in [1.82, 2.24) is 5.32 Å². The summed E-state index contributed by atoms with van der Waals surface area (Å²) in [5, 5.41) is 2.20. The Morgan fingerprint density at radius 1 is 1.03 bits per heavy atom. The molecule has 0 unspecified atom stereocenters. The van der Waals surface area contributed by atoms with Crippen molar-refractivity contribution in [2.24, 2.45) is 0 Å². The highest BCUT2D eigenvalue weighted by Crippen LogP contribution is 2.24. The third kappa shape index (κ3) is 4.38. The van der Waals surface area contributed by atoms with Crippen molar-refractivity contribution in [3.05, 3.63) is 64.7 Å². The van der Waals surface area contributed by atoms with Crippen LogP contribution in [0, 0.1) is 13.8 Å². The van der Waals surface area contributed by atoms with Crippen LogP contribution in [-0.2, 0) is 19.1 Å². The summed E-state index contributed by atoms with van der Waals surface area (Å²) in [4.78, 5) is 49.6. The largest absolute Gasteiger partial charge is 0.482 e. The molecule has 154 valence electrons. The molecule has 8 nitrogen and oxygen atoms in total. The van der Waals surface area contributed by atoms with E-state index in [0.29, 0.717) is 17.0 Å². The number of hydrogen-bond acceptors (Lipinski definition) is 6. The number of amides is 4. The Kier molecular flexibility index (Phi) is 5.96. The molecule has 1 N–H and O–H groups in total. The van der Waals surface area contributed by atoms with E-state index in [0.717, 1.165) is 16.0 Å². The summed E-state index contributed by atoms with van der Waals surface area (Å²) in [6, 6.07) is 10.8. The molecule has 0 spiro atoms. The number of nitrogens with one attached hydrogen (secondary N) is 1. The van der Waals surface area contributed by atoms with Crippen LogP contribution in [0.25, 0.3) is 6.08 Å². The van der Waals surface area contributed by atoms with E-state index in [9.17, 15) is 19.2 Å². The van der Waals surface area contributed by atoms with Gasteiger partial charge in [-0.1, -0.05) is 18.2 Å². The second-order valence-electron chi connectivity index (χ2n) is 6.66. The number of benzene rings is 2. The number of aryl methyl sites for hydroxylation is 2. The van der Waals surface area contributed by atoms with Gasteiger partial charge in [0.1, 0.15) is 11.3 Å². The second-order valence-corrected chi connectivity index (χ2v) is 6.66. The van der Waals surface area contributed by atoms with Gasteiger partial charge in [0, 0.05) is 0 Å². The van der Waals surface area contributed by atoms with Gasteiger partial charge < -0.3 is 9.47 Å². The lowest BCUT2D eigenvalue weighted by Crippen LogP contribution is -2.54. The molecular weight excluding hydrogens is 388 g/mol. The van der Waals surface area contributed by atoms with Gasteiger partial charge in [-0.2, -0.15) is 0 Å². The van der Waals surface area contributed by atoms with Crippen LogP contribution < -0.4 is 15.0 Å². The predicted molar refractivity (Wildman–Crippen MR) is 109 cm³/mol. The number of imide groups is 2. The summed E-state index contributed by atoms with van der Waals surface area (Å²) in [6.07, 6.45) is 1.39. The minimum Gasteiger partial charge on any atom is -0.482 e. The van der Waals surface area contributed by atoms with Crippen molar-refractivity contribution in [2.45, 2.75) is 13.8 Å². The zero-order chi connectivity index (χ0) is 21.8. The molecule has 0 bridgehead atoms. The van der Waals surface area contributed by atoms with Crippen molar-refractivity contribution in [3.63, 3.8) is 0 Å². The van der Waals surface area contributed by atoms with Gasteiger partial charge in [-0.05, 0) is 60.9 Å². The number of hydrogen-bond donors (Lipinski definition) is 1. The predicted octanol–water partition coefficient (Wildman–Crippen LogP) is 2.52. The summed E-state index contributed by atoms with van der Waals surface area (Å²) in [6.45, 7) is 3.56. The van der Waals surface area contributed by atoms with Crippen molar-refractivity contribution in [1.29, 1.82) is 0 Å². The molecule has 0 saturated carbocycles. The van der Waals surface area contributed by atoms with E-state index >= 15 is 0 Å². The highest BCUT2D eigenvalue weighted by molar-refractivity contribution is 6.39. The van der Waals surface area contributed by atoms with Gasteiger partial charge >= 0.3 is 12.0 Å². The van der Waals surface area contributed by atoms with Crippen LogP contribution in [0.15, 0.2) is 48.0 Å². The summed E-state index contributed by atoms with van der Waals surface area (Å²) >= 11 is 0. The zero-order valence-electron chi connectivity index (χ0n) is 16.7. The van der Waals surface area contributed by atoms with Crippen LogP contribution >= 0.6 is 0 Å². The molecule has 8 heteroatoms. The number of carbonyl (C=O) groups excluding carboxylic acids is 4. The lowest BCUT2D eigenvalue weighted by Gasteiger charge is -2.26. The maximum Gasteiger partial charge on any atom is 0.343 e. The van der Waals surface area contributed by atoms with Gasteiger partial charge in [-0.15, -0.1) is 0 Å². The van der Waals surface area contributed by atoms with Gasteiger partial charge in [0.25, 0.3) is 11.8 Å². The number of esters is 1. The molecule has 1 heterocycles. The molecule has 1 aliphatic rings.